The Kier molecular flexibility index (Phi) is 5.51. The summed E-state index contributed by atoms with van der Waals surface area (Å²) in [6.45, 7) is 4.59. The van der Waals surface area contributed by atoms with Crippen LogP contribution in [0.1, 0.15) is 15.9 Å². The Labute approximate surface area is 170 Å². The van der Waals surface area contributed by atoms with Gasteiger partial charge in [0.05, 0.1) is 0 Å². The number of halogens is 1. The maximum absolute atomic E-state index is 12.7. The SMILES string of the molecule is CN1CCN(c2cccc3ccc(C(=O)NCc4ccc(Cl)cc4)cc23)CC1. The van der Waals surface area contributed by atoms with Crippen molar-refractivity contribution < 1.29 is 4.79 Å². The van der Waals surface area contributed by atoms with Crippen LogP contribution in [0.5, 0.6) is 0 Å². The Morgan fingerprint density at radius 2 is 1.75 bits per heavy atom. The minimum Gasteiger partial charge on any atom is -0.368 e. The summed E-state index contributed by atoms with van der Waals surface area (Å²) in [6.07, 6.45) is 0. The van der Waals surface area contributed by atoms with E-state index >= 15 is 0 Å². The first kappa shape index (κ1) is 18.8. The molecule has 5 heteroatoms. The maximum Gasteiger partial charge on any atom is 0.251 e. The fraction of sp³-hybridized carbons (Fsp3) is 0.261. The van der Waals surface area contributed by atoms with E-state index in [-0.39, 0.29) is 5.91 Å². The van der Waals surface area contributed by atoms with Gasteiger partial charge in [0.25, 0.3) is 5.91 Å². The number of carbonyl (C=O) groups is 1. The van der Waals surface area contributed by atoms with Gasteiger partial charge in [-0.1, -0.05) is 41.9 Å². The highest BCUT2D eigenvalue weighted by Crippen LogP contribution is 2.28. The standard InChI is InChI=1S/C23H24ClN3O/c1-26-11-13-27(14-12-26)22-4-2-3-18-7-8-19(15-21(18)22)23(28)25-16-17-5-9-20(24)10-6-17/h2-10,15H,11-14,16H2,1H3,(H,25,28). The average molecular weight is 394 g/mol. The van der Waals surface area contributed by atoms with Gasteiger partial charge in [0.2, 0.25) is 0 Å². The van der Waals surface area contributed by atoms with Crippen LogP contribution in [0.2, 0.25) is 5.02 Å². The molecule has 0 aliphatic carbocycles. The highest BCUT2D eigenvalue weighted by atomic mass is 35.5. The molecule has 1 saturated heterocycles. The zero-order chi connectivity index (χ0) is 19.5. The van der Waals surface area contributed by atoms with Crippen molar-refractivity contribution in [3.8, 4) is 0 Å². The molecule has 1 amide bonds. The summed E-state index contributed by atoms with van der Waals surface area (Å²) < 4.78 is 0. The van der Waals surface area contributed by atoms with Crippen LogP contribution in [-0.2, 0) is 6.54 Å². The Bertz CT molecular complexity index is 979. The number of amides is 1. The Hall–Kier alpha value is -2.56. The van der Waals surface area contributed by atoms with E-state index in [2.05, 4.69) is 40.4 Å². The van der Waals surface area contributed by atoms with Gasteiger partial charge in [0.1, 0.15) is 0 Å². The van der Waals surface area contributed by atoms with E-state index in [0.717, 1.165) is 42.5 Å². The highest BCUT2D eigenvalue weighted by Gasteiger charge is 2.17. The topological polar surface area (TPSA) is 35.6 Å². The number of fused-ring (bicyclic) bond motifs is 1. The molecule has 3 aromatic carbocycles. The second-order valence-corrected chi connectivity index (χ2v) is 7.75. The number of hydrogen-bond acceptors (Lipinski definition) is 3. The fourth-order valence-electron chi connectivity index (χ4n) is 3.61. The van der Waals surface area contributed by atoms with Crippen LogP contribution < -0.4 is 10.2 Å². The summed E-state index contributed by atoms with van der Waals surface area (Å²) in [5.74, 6) is -0.0648. The second kappa shape index (κ2) is 8.21. The summed E-state index contributed by atoms with van der Waals surface area (Å²) in [4.78, 5) is 17.5. The van der Waals surface area contributed by atoms with Crippen molar-refractivity contribution in [2.45, 2.75) is 6.54 Å². The van der Waals surface area contributed by atoms with Crippen molar-refractivity contribution in [1.82, 2.24) is 10.2 Å². The molecule has 144 valence electrons. The van der Waals surface area contributed by atoms with Gasteiger partial charge in [-0.15, -0.1) is 0 Å². The van der Waals surface area contributed by atoms with Crippen LogP contribution in [0.15, 0.2) is 60.7 Å². The molecule has 0 unspecified atom stereocenters. The molecule has 1 aliphatic rings. The van der Waals surface area contributed by atoms with Crippen LogP contribution in [0, 0.1) is 0 Å². The van der Waals surface area contributed by atoms with E-state index in [1.54, 1.807) is 0 Å². The fourth-order valence-corrected chi connectivity index (χ4v) is 3.73. The minimum atomic E-state index is -0.0648. The van der Waals surface area contributed by atoms with E-state index in [1.807, 2.05) is 42.5 Å². The van der Waals surface area contributed by atoms with E-state index in [9.17, 15) is 4.79 Å². The number of benzene rings is 3. The zero-order valence-corrected chi connectivity index (χ0v) is 16.7. The van der Waals surface area contributed by atoms with Crippen LogP contribution >= 0.6 is 11.6 Å². The first-order chi connectivity index (χ1) is 13.6. The van der Waals surface area contributed by atoms with Gasteiger partial charge in [0.15, 0.2) is 0 Å². The van der Waals surface area contributed by atoms with Crippen LogP contribution in [0.25, 0.3) is 10.8 Å². The third-order valence-corrected chi connectivity index (χ3v) is 5.58. The normalized spacial score (nSPS) is 15.0. The molecule has 1 aliphatic heterocycles. The molecule has 0 spiro atoms. The summed E-state index contributed by atoms with van der Waals surface area (Å²) >= 11 is 5.92. The molecule has 4 nitrogen and oxygen atoms in total. The molecule has 0 aromatic heterocycles. The van der Waals surface area contributed by atoms with Gasteiger partial charge in [-0.3, -0.25) is 4.79 Å². The first-order valence-corrected chi connectivity index (χ1v) is 9.97. The molecular weight excluding hydrogens is 370 g/mol. The summed E-state index contributed by atoms with van der Waals surface area (Å²) in [5.41, 5.74) is 2.91. The number of hydrogen-bond donors (Lipinski definition) is 1. The number of nitrogens with zero attached hydrogens (tertiary/aromatic N) is 2. The first-order valence-electron chi connectivity index (χ1n) is 9.59. The molecule has 1 fully saturated rings. The molecule has 4 rings (SSSR count). The molecule has 1 N–H and O–H groups in total. The summed E-state index contributed by atoms with van der Waals surface area (Å²) in [5, 5.41) is 5.99. The molecule has 28 heavy (non-hydrogen) atoms. The summed E-state index contributed by atoms with van der Waals surface area (Å²) in [6, 6.07) is 19.8. The Morgan fingerprint density at radius 1 is 1.00 bits per heavy atom. The van der Waals surface area contributed by atoms with Gasteiger partial charge in [0, 0.05) is 54.4 Å². The quantitative estimate of drug-likeness (QED) is 0.722. The Balaban J connectivity index is 1.55. The highest BCUT2D eigenvalue weighted by molar-refractivity contribution is 6.30. The maximum atomic E-state index is 12.7. The zero-order valence-electron chi connectivity index (χ0n) is 16.0. The van der Waals surface area contributed by atoms with E-state index in [4.69, 9.17) is 11.6 Å². The van der Waals surface area contributed by atoms with Crippen molar-refractivity contribution in [2.75, 3.05) is 38.1 Å². The van der Waals surface area contributed by atoms with Crippen LogP contribution in [0.3, 0.4) is 0 Å². The monoisotopic (exact) mass is 393 g/mol. The lowest BCUT2D eigenvalue weighted by molar-refractivity contribution is 0.0951. The van der Waals surface area contributed by atoms with Crippen molar-refractivity contribution in [3.63, 3.8) is 0 Å². The molecule has 3 aromatic rings. The number of rotatable bonds is 4. The summed E-state index contributed by atoms with van der Waals surface area (Å²) in [7, 11) is 2.16. The van der Waals surface area contributed by atoms with Gasteiger partial charge in [-0.25, -0.2) is 0 Å². The predicted molar refractivity (Wildman–Crippen MR) is 116 cm³/mol. The number of nitrogens with one attached hydrogen (secondary N) is 1. The van der Waals surface area contributed by atoms with Gasteiger partial charge >= 0.3 is 0 Å². The van der Waals surface area contributed by atoms with Crippen molar-refractivity contribution in [2.24, 2.45) is 0 Å². The van der Waals surface area contributed by atoms with E-state index in [1.165, 1.54) is 5.69 Å². The number of likely N-dealkylation sites (N-methyl/N-ethyl adjacent to an activating group) is 1. The molecule has 0 radical (unpaired) electrons. The van der Waals surface area contributed by atoms with Crippen LogP contribution in [0.4, 0.5) is 5.69 Å². The van der Waals surface area contributed by atoms with E-state index < -0.39 is 0 Å². The predicted octanol–water partition coefficient (Wildman–Crippen LogP) is 4.18. The number of carbonyl (C=O) groups excluding carboxylic acids is 1. The number of piperazine rings is 1. The van der Waals surface area contributed by atoms with Gasteiger partial charge in [-0.05, 0) is 48.3 Å². The molecule has 0 atom stereocenters. The lowest BCUT2D eigenvalue weighted by Crippen LogP contribution is -2.44. The minimum absolute atomic E-state index is 0.0648. The second-order valence-electron chi connectivity index (χ2n) is 7.31. The lowest BCUT2D eigenvalue weighted by Gasteiger charge is -2.34. The van der Waals surface area contributed by atoms with Crippen molar-refractivity contribution in [3.05, 3.63) is 76.8 Å². The van der Waals surface area contributed by atoms with Crippen molar-refractivity contribution >= 4 is 34.0 Å². The third-order valence-electron chi connectivity index (χ3n) is 5.33. The van der Waals surface area contributed by atoms with Gasteiger partial charge in [-0.2, -0.15) is 0 Å². The van der Waals surface area contributed by atoms with Crippen LogP contribution in [-0.4, -0.2) is 44.0 Å². The molecule has 0 saturated carbocycles. The average Bonchev–Trinajstić information content (AvgIpc) is 2.73. The molecule has 1 heterocycles. The molecule has 0 bridgehead atoms. The van der Waals surface area contributed by atoms with Crippen molar-refractivity contribution in [1.29, 1.82) is 0 Å². The molecular formula is C23H24ClN3O. The van der Waals surface area contributed by atoms with Gasteiger partial charge < -0.3 is 15.1 Å². The van der Waals surface area contributed by atoms with E-state index in [0.29, 0.717) is 17.1 Å². The smallest absolute Gasteiger partial charge is 0.251 e. The largest absolute Gasteiger partial charge is 0.368 e. The lowest BCUT2D eigenvalue weighted by atomic mass is 10.0. The Morgan fingerprint density at radius 3 is 2.50 bits per heavy atom. The third kappa shape index (κ3) is 4.13. The number of anilines is 1.